The molecule has 0 spiro atoms. The summed E-state index contributed by atoms with van der Waals surface area (Å²) >= 11 is 6.15. The Morgan fingerprint density at radius 2 is 1.89 bits per heavy atom. The maximum absolute atomic E-state index is 11.6. The van der Waals surface area contributed by atoms with Gasteiger partial charge in [0, 0.05) is 11.1 Å². The van der Waals surface area contributed by atoms with E-state index in [1.807, 2.05) is 52.0 Å². The molecule has 1 aromatic rings. The van der Waals surface area contributed by atoms with Crippen LogP contribution in [-0.2, 0) is 4.79 Å². The number of primary amides is 1. The Hall–Kier alpha value is -1.06. The first-order chi connectivity index (χ1) is 8.29. The molecule has 1 rings (SSSR count). The minimum absolute atomic E-state index is 0.0430. The number of amides is 1. The van der Waals surface area contributed by atoms with Crippen molar-refractivity contribution >= 4 is 17.5 Å². The summed E-state index contributed by atoms with van der Waals surface area (Å²) in [6.45, 7) is 7.74. The highest BCUT2D eigenvalue weighted by Gasteiger charge is 2.36. The topological polar surface area (TPSA) is 55.1 Å². The Morgan fingerprint density at radius 1 is 1.33 bits per heavy atom. The van der Waals surface area contributed by atoms with Gasteiger partial charge < -0.3 is 5.73 Å². The van der Waals surface area contributed by atoms with Crippen LogP contribution in [-0.4, -0.2) is 11.4 Å². The Balaban J connectivity index is 2.96. The number of carbonyl (C=O) groups excluding carboxylic acids is 1. The monoisotopic (exact) mass is 268 g/mol. The van der Waals surface area contributed by atoms with Crippen molar-refractivity contribution in [3.63, 3.8) is 0 Å². The molecule has 0 aliphatic heterocycles. The zero-order chi connectivity index (χ0) is 13.9. The third-order valence-electron chi connectivity index (χ3n) is 3.55. The molecular formula is C14H21ClN2O. The minimum Gasteiger partial charge on any atom is -0.368 e. The highest BCUT2D eigenvalue weighted by Crippen LogP contribution is 2.26. The molecule has 0 bridgehead atoms. The molecule has 0 saturated heterocycles. The number of nitrogens with one attached hydrogen (secondary N) is 1. The average molecular weight is 269 g/mol. The van der Waals surface area contributed by atoms with Crippen molar-refractivity contribution < 1.29 is 4.79 Å². The van der Waals surface area contributed by atoms with E-state index in [0.717, 1.165) is 5.56 Å². The van der Waals surface area contributed by atoms with E-state index in [2.05, 4.69) is 5.32 Å². The zero-order valence-corrected chi connectivity index (χ0v) is 12.1. The second kappa shape index (κ2) is 5.72. The highest BCUT2D eigenvalue weighted by molar-refractivity contribution is 6.31. The summed E-state index contributed by atoms with van der Waals surface area (Å²) < 4.78 is 0. The van der Waals surface area contributed by atoms with Gasteiger partial charge in [-0.3, -0.25) is 10.1 Å². The van der Waals surface area contributed by atoms with Crippen LogP contribution in [0.5, 0.6) is 0 Å². The predicted molar refractivity (Wildman–Crippen MR) is 75.4 cm³/mol. The summed E-state index contributed by atoms with van der Waals surface area (Å²) in [7, 11) is 0. The van der Waals surface area contributed by atoms with E-state index in [0.29, 0.717) is 5.02 Å². The van der Waals surface area contributed by atoms with Gasteiger partial charge in [0.1, 0.15) is 0 Å². The molecule has 100 valence electrons. The zero-order valence-electron chi connectivity index (χ0n) is 11.3. The fourth-order valence-corrected chi connectivity index (χ4v) is 2.18. The molecule has 0 saturated carbocycles. The van der Waals surface area contributed by atoms with Crippen molar-refractivity contribution in [2.24, 2.45) is 11.7 Å². The lowest BCUT2D eigenvalue weighted by molar-refractivity contribution is -0.125. The van der Waals surface area contributed by atoms with Crippen molar-refractivity contribution in [3.8, 4) is 0 Å². The molecule has 18 heavy (non-hydrogen) atoms. The van der Waals surface area contributed by atoms with Crippen molar-refractivity contribution in [1.29, 1.82) is 0 Å². The molecule has 2 atom stereocenters. The number of carbonyl (C=O) groups is 1. The molecular weight excluding hydrogens is 248 g/mol. The SMILES string of the molecule is CC(NC(C)(C(N)=O)C(C)C)c1ccccc1Cl. The predicted octanol–water partition coefficient (Wildman–Crippen LogP) is 2.89. The van der Waals surface area contributed by atoms with Crippen LogP contribution >= 0.6 is 11.6 Å². The summed E-state index contributed by atoms with van der Waals surface area (Å²) in [6, 6.07) is 7.55. The van der Waals surface area contributed by atoms with Gasteiger partial charge in [0.25, 0.3) is 0 Å². The number of nitrogens with two attached hydrogens (primary N) is 1. The van der Waals surface area contributed by atoms with E-state index in [1.54, 1.807) is 0 Å². The first-order valence-electron chi connectivity index (χ1n) is 6.11. The van der Waals surface area contributed by atoms with Gasteiger partial charge in [-0.05, 0) is 31.4 Å². The van der Waals surface area contributed by atoms with Gasteiger partial charge in [-0.2, -0.15) is 0 Å². The number of benzene rings is 1. The molecule has 1 aromatic carbocycles. The number of halogens is 1. The van der Waals surface area contributed by atoms with Crippen LogP contribution in [0.3, 0.4) is 0 Å². The number of hydrogen-bond acceptors (Lipinski definition) is 2. The van der Waals surface area contributed by atoms with Crippen LogP contribution in [0.15, 0.2) is 24.3 Å². The molecule has 0 radical (unpaired) electrons. The van der Waals surface area contributed by atoms with Crippen molar-refractivity contribution in [2.75, 3.05) is 0 Å². The summed E-state index contributed by atoms with van der Waals surface area (Å²) in [5, 5.41) is 3.98. The average Bonchev–Trinajstić information content (AvgIpc) is 2.28. The van der Waals surface area contributed by atoms with E-state index in [9.17, 15) is 4.79 Å². The van der Waals surface area contributed by atoms with E-state index < -0.39 is 5.54 Å². The van der Waals surface area contributed by atoms with Gasteiger partial charge in [-0.15, -0.1) is 0 Å². The van der Waals surface area contributed by atoms with Crippen LogP contribution in [0.4, 0.5) is 0 Å². The van der Waals surface area contributed by atoms with Crippen molar-refractivity contribution in [1.82, 2.24) is 5.32 Å². The summed E-state index contributed by atoms with van der Waals surface area (Å²) in [6.07, 6.45) is 0. The van der Waals surface area contributed by atoms with Crippen molar-refractivity contribution in [3.05, 3.63) is 34.9 Å². The lowest BCUT2D eigenvalue weighted by atomic mass is 9.86. The highest BCUT2D eigenvalue weighted by atomic mass is 35.5. The minimum atomic E-state index is -0.751. The van der Waals surface area contributed by atoms with Crippen LogP contribution in [0, 0.1) is 5.92 Å². The Kier molecular flexibility index (Phi) is 4.77. The lowest BCUT2D eigenvalue weighted by Gasteiger charge is -2.35. The molecule has 4 heteroatoms. The van der Waals surface area contributed by atoms with Gasteiger partial charge in [-0.25, -0.2) is 0 Å². The smallest absolute Gasteiger partial charge is 0.237 e. The molecule has 2 unspecified atom stereocenters. The van der Waals surface area contributed by atoms with Crippen LogP contribution in [0.1, 0.15) is 39.3 Å². The Labute approximate surface area is 114 Å². The lowest BCUT2D eigenvalue weighted by Crippen LogP contribution is -2.57. The van der Waals surface area contributed by atoms with Crippen LogP contribution in [0.25, 0.3) is 0 Å². The summed E-state index contributed by atoms with van der Waals surface area (Å²) in [4.78, 5) is 11.6. The van der Waals surface area contributed by atoms with Gasteiger partial charge in [0.05, 0.1) is 5.54 Å². The molecule has 3 N–H and O–H groups in total. The molecule has 0 heterocycles. The van der Waals surface area contributed by atoms with Crippen LogP contribution < -0.4 is 11.1 Å². The van der Waals surface area contributed by atoms with Gasteiger partial charge in [0.15, 0.2) is 0 Å². The number of hydrogen-bond donors (Lipinski definition) is 2. The molecule has 1 amide bonds. The third kappa shape index (κ3) is 3.03. The van der Waals surface area contributed by atoms with Gasteiger partial charge in [-0.1, -0.05) is 43.6 Å². The van der Waals surface area contributed by atoms with E-state index >= 15 is 0 Å². The maximum atomic E-state index is 11.6. The van der Waals surface area contributed by atoms with E-state index in [4.69, 9.17) is 17.3 Å². The van der Waals surface area contributed by atoms with Gasteiger partial charge >= 0.3 is 0 Å². The normalized spacial score (nSPS) is 16.3. The molecule has 0 fully saturated rings. The van der Waals surface area contributed by atoms with Gasteiger partial charge in [0.2, 0.25) is 5.91 Å². The molecule has 0 aromatic heterocycles. The summed E-state index contributed by atoms with van der Waals surface area (Å²) in [5.41, 5.74) is 5.72. The van der Waals surface area contributed by atoms with Crippen LogP contribution in [0.2, 0.25) is 5.02 Å². The standard InChI is InChI=1S/C14H21ClN2O/c1-9(2)14(4,13(16)18)17-10(3)11-7-5-6-8-12(11)15/h5-10,17H,1-4H3,(H2,16,18). The van der Waals surface area contributed by atoms with E-state index in [1.165, 1.54) is 0 Å². The summed E-state index contributed by atoms with van der Waals surface area (Å²) in [5.74, 6) is -0.253. The Morgan fingerprint density at radius 3 is 2.33 bits per heavy atom. The Bertz CT molecular complexity index is 434. The van der Waals surface area contributed by atoms with Crippen molar-refractivity contribution in [2.45, 2.75) is 39.3 Å². The molecule has 0 aliphatic rings. The quantitative estimate of drug-likeness (QED) is 0.863. The first-order valence-corrected chi connectivity index (χ1v) is 6.49. The second-order valence-electron chi connectivity index (χ2n) is 5.11. The first kappa shape index (κ1) is 15.0. The third-order valence-corrected chi connectivity index (χ3v) is 3.90. The molecule has 3 nitrogen and oxygen atoms in total. The second-order valence-corrected chi connectivity index (χ2v) is 5.52. The largest absolute Gasteiger partial charge is 0.368 e. The van der Waals surface area contributed by atoms with E-state index in [-0.39, 0.29) is 17.9 Å². The maximum Gasteiger partial charge on any atom is 0.237 e. The fraction of sp³-hybridized carbons (Fsp3) is 0.500. The fourth-order valence-electron chi connectivity index (χ4n) is 1.88. The molecule has 0 aliphatic carbocycles. The number of rotatable bonds is 5.